The van der Waals surface area contributed by atoms with Gasteiger partial charge in [0.1, 0.15) is 22.8 Å². The van der Waals surface area contributed by atoms with Crippen LogP contribution in [0.1, 0.15) is 12.5 Å². The number of methoxy groups -OCH3 is 2. The topological polar surface area (TPSA) is 77.1 Å². The summed E-state index contributed by atoms with van der Waals surface area (Å²) < 4.78 is 16.8. The van der Waals surface area contributed by atoms with E-state index < -0.39 is 11.8 Å². The van der Waals surface area contributed by atoms with E-state index in [0.717, 1.165) is 0 Å². The first-order valence-electron chi connectivity index (χ1n) is 8.95. The van der Waals surface area contributed by atoms with Crippen molar-refractivity contribution in [1.82, 2.24) is 5.32 Å². The van der Waals surface area contributed by atoms with E-state index >= 15 is 0 Å². The molecule has 1 N–H and O–H groups in total. The van der Waals surface area contributed by atoms with E-state index in [0.29, 0.717) is 39.6 Å². The minimum absolute atomic E-state index is 0.0292. The predicted octanol–water partition coefficient (Wildman–Crippen LogP) is 3.70. The van der Waals surface area contributed by atoms with Crippen molar-refractivity contribution < 1.29 is 23.8 Å². The van der Waals surface area contributed by atoms with Crippen LogP contribution in [0.5, 0.6) is 17.2 Å². The van der Waals surface area contributed by atoms with Gasteiger partial charge in [-0.15, -0.1) is 0 Å². The van der Waals surface area contributed by atoms with Crippen LogP contribution in [0.3, 0.4) is 0 Å². The summed E-state index contributed by atoms with van der Waals surface area (Å²) in [6.45, 7) is 2.41. The zero-order valence-corrected chi connectivity index (χ0v) is 18.9. The third kappa shape index (κ3) is 4.31. The Morgan fingerprint density at radius 2 is 1.87 bits per heavy atom. The lowest BCUT2D eigenvalue weighted by atomic mass is 10.1. The van der Waals surface area contributed by atoms with E-state index in [1.165, 1.54) is 25.2 Å². The maximum absolute atomic E-state index is 13.2. The highest BCUT2D eigenvalue weighted by molar-refractivity contribution is 9.10. The number of anilines is 1. The molecule has 1 heterocycles. The third-order valence-corrected chi connectivity index (χ3v) is 5.20. The average molecular weight is 491 g/mol. The molecular formula is C21H19BrN2O5S. The van der Waals surface area contributed by atoms with Gasteiger partial charge in [0.25, 0.3) is 11.8 Å². The molecule has 7 nitrogen and oxygen atoms in total. The lowest BCUT2D eigenvalue weighted by molar-refractivity contribution is -0.122. The van der Waals surface area contributed by atoms with E-state index in [9.17, 15) is 9.59 Å². The summed E-state index contributed by atoms with van der Waals surface area (Å²) in [5, 5.41) is 2.53. The minimum atomic E-state index is -0.571. The van der Waals surface area contributed by atoms with Gasteiger partial charge in [-0.25, -0.2) is 4.90 Å². The number of hydrogen-bond acceptors (Lipinski definition) is 6. The van der Waals surface area contributed by atoms with Gasteiger partial charge in [0, 0.05) is 6.07 Å². The number of carbonyl (C=O) groups is 2. The summed E-state index contributed by atoms with van der Waals surface area (Å²) in [4.78, 5) is 26.9. The van der Waals surface area contributed by atoms with Crippen LogP contribution >= 0.6 is 28.1 Å². The van der Waals surface area contributed by atoms with E-state index in [1.54, 1.807) is 36.4 Å². The number of carbonyl (C=O) groups excluding carboxylic acids is 2. The quantitative estimate of drug-likeness (QED) is 0.378. The molecule has 1 saturated heterocycles. The van der Waals surface area contributed by atoms with Crippen molar-refractivity contribution in [1.29, 1.82) is 0 Å². The summed E-state index contributed by atoms with van der Waals surface area (Å²) in [7, 11) is 3.00. The van der Waals surface area contributed by atoms with Gasteiger partial charge in [-0.05, 0) is 71.0 Å². The largest absolute Gasteiger partial charge is 0.497 e. The number of ether oxygens (including phenoxy) is 3. The first-order valence-corrected chi connectivity index (χ1v) is 10.2. The Hall–Kier alpha value is -2.91. The van der Waals surface area contributed by atoms with Crippen LogP contribution < -0.4 is 24.4 Å². The Morgan fingerprint density at radius 3 is 2.50 bits per heavy atom. The molecule has 1 fully saturated rings. The lowest BCUT2D eigenvalue weighted by Crippen LogP contribution is -2.54. The second-order valence-corrected chi connectivity index (χ2v) is 7.36. The maximum atomic E-state index is 13.2. The maximum Gasteiger partial charge on any atom is 0.270 e. The standard InChI is InChI=1S/C21H19BrN2O5S/c1-4-29-17-8-5-12(10-15(17)22)9-14-19(25)23-21(30)24(20(14)26)16-7-6-13(27-2)11-18(16)28-3/h5-11H,4H2,1-3H3,(H,23,25,30)/b14-9+. The van der Waals surface area contributed by atoms with Crippen molar-refractivity contribution in [2.75, 3.05) is 25.7 Å². The van der Waals surface area contributed by atoms with Crippen molar-refractivity contribution >= 4 is 56.8 Å². The smallest absolute Gasteiger partial charge is 0.270 e. The highest BCUT2D eigenvalue weighted by Crippen LogP contribution is 2.34. The first-order chi connectivity index (χ1) is 14.4. The number of halogens is 1. The number of rotatable bonds is 6. The van der Waals surface area contributed by atoms with Crippen LogP contribution in [0.25, 0.3) is 6.08 Å². The molecule has 156 valence electrons. The SMILES string of the molecule is CCOc1ccc(/C=C2\C(=O)NC(=S)N(c3ccc(OC)cc3OC)C2=O)cc1Br. The fourth-order valence-electron chi connectivity index (χ4n) is 2.89. The van der Waals surface area contributed by atoms with Gasteiger partial charge in [-0.2, -0.15) is 0 Å². The van der Waals surface area contributed by atoms with Gasteiger partial charge in [0.15, 0.2) is 5.11 Å². The number of nitrogens with zero attached hydrogens (tertiary/aromatic N) is 1. The molecule has 0 radical (unpaired) electrons. The summed E-state index contributed by atoms with van der Waals surface area (Å²) >= 11 is 8.69. The molecule has 2 aromatic rings. The molecule has 1 aliphatic rings. The monoisotopic (exact) mass is 490 g/mol. The Balaban J connectivity index is 2.01. The number of amides is 2. The number of hydrogen-bond donors (Lipinski definition) is 1. The van der Waals surface area contributed by atoms with Crippen LogP contribution in [0, 0.1) is 0 Å². The summed E-state index contributed by atoms with van der Waals surface area (Å²) in [5.41, 5.74) is 0.989. The summed E-state index contributed by atoms with van der Waals surface area (Å²) in [6, 6.07) is 10.2. The van der Waals surface area contributed by atoms with Gasteiger partial charge in [-0.3, -0.25) is 14.9 Å². The second kappa shape index (κ2) is 9.27. The lowest BCUT2D eigenvalue weighted by Gasteiger charge is -2.30. The Labute approximate surface area is 187 Å². The molecule has 3 rings (SSSR count). The van der Waals surface area contributed by atoms with E-state index in [4.69, 9.17) is 26.4 Å². The van der Waals surface area contributed by atoms with Crippen LogP contribution in [-0.2, 0) is 9.59 Å². The Kier molecular flexibility index (Phi) is 6.73. The minimum Gasteiger partial charge on any atom is -0.497 e. The fraction of sp³-hybridized carbons (Fsp3) is 0.190. The molecule has 30 heavy (non-hydrogen) atoms. The van der Waals surface area contributed by atoms with Gasteiger partial charge in [0.05, 0.1) is 31.0 Å². The molecule has 2 aromatic carbocycles. The molecule has 9 heteroatoms. The highest BCUT2D eigenvalue weighted by Gasteiger charge is 2.36. The number of thiocarbonyl (C=S) groups is 1. The first kappa shape index (κ1) is 21.8. The van der Waals surface area contributed by atoms with Gasteiger partial charge in [0.2, 0.25) is 0 Å². The molecule has 2 amide bonds. The van der Waals surface area contributed by atoms with Crippen molar-refractivity contribution in [3.05, 3.63) is 52.0 Å². The van der Waals surface area contributed by atoms with E-state index in [2.05, 4.69) is 21.2 Å². The Bertz CT molecular complexity index is 1050. The summed E-state index contributed by atoms with van der Waals surface area (Å²) in [6.07, 6.45) is 1.50. The van der Waals surface area contributed by atoms with Gasteiger partial charge in [-0.1, -0.05) is 6.07 Å². The third-order valence-electron chi connectivity index (χ3n) is 4.30. The normalized spacial score (nSPS) is 15.3. The van der Waals surface area contributed by atoms with Crippen LogP contribution in [0.15, 0.2) is 46.4 Å². The molecule has 0 atom stereocenters. The van der Waals surface area contributed by atoms with Crippen molar-refractivity contribution in [3.63, 3.8) is 0 Å². The van der Waals surface area contributed by atoms with Gasteiger partial charge >= 0.3 is 0 Å². The second-order valence-electron chi connectivity index (χ2n) is 6.12. The molecule has 0 spiro atoms. The Morgan fingerprint density at radius 1 is 1.10 bits per heavy atom. The molecule has 0 saturated carbocycles. The van der Waals surface area contributed by atoms with E-state index in [1.807, 2.05) is 6.92 Å². The molecule has 1 aliphatic heterocycles. The number of nitrogens with one attached hydrogen (secondary N) is 1. The molecule has 0 bridgehead atoms. The van der Waals surface area contributed by atoms with Crippen LogP contribution in [-0.4, -0.2) is 37.8 Å². The summed E-state index contributed by atoms with van der Waals surface area (Å²) in [5.74, 6) is 0.482. The zero-order valence-electron chi connectivity index (χ0n) is 16.5. The van der Waals surface area contributed by atoms with Crippen LogP contribution in [0.2, 0.25) is 0 Å². The van der Waals surface area contributed by atoms with Crippen molar-refractivity contribution in [3.8, 4) is 17.2 Å². The number of benzene rings is 2. The van der Waals surface area contributed by atoms with E-state index in [-0.39, 0.29) is 10.7 Å². The van der Waals surface area contributed by atoms with Crippen LogP contribution in [0.4, 0.5) is 5.69 Å². The molecule has 0 aliphatic carbocycles. The zero-order chi connectivity index (χ0) is 21.8. The highest BCUT2D eigenvalue weighted by atomic mass is 79.9. The average Bonchev–Trinajstić information content (AvgIpc) is 2.73. The molecule has 0 aromatic heterocycles. The van der Waals surface area contributed by atoms with Crippen molar-refractivity contribution in [2.45, 2.75) is 6.92 Å². The molecule has 0 unspecified atom stereocenters. The molecular weight excluding hydrogens is 472 g/mol. The van der Waals surface area contributed by atoms with Gasteiger partial charge < -0.3 is 14.2 Å². The predicted molar refractivity (Wildman–Crippen MR) is 121 cm³/mol. The fourth-order valence-corrected chi connectivity index (χ4v) is 3.68. The van der Waals surface area contributed by atoms with Crippen molar-refractivity contribution in [2.24, 2.45) is 0 Å².